The van der Waals surface area contributed by atoms with E-state index in [9.17, 15) is 4.79 Å². The fourth-order valence-electron chi connectivity index (χ4n) is 5.06. The van der Waals surface area contributed by atoms with Gasteiger partial charge in [-0.25, -0.2) is 4.99 Å². The number of nitrogens with one attached hydrogen (secondary N) is 1. The van der Waals surface area contributed by atoms with Crippen LogP contribution in [0, 0.1) is 0 Å². The number of carbonyl (C=O) groups excluding carboxylic acids is 1. The van der Waals surface area contributed by atoms with Crippen LogP contribution in [0.15, 0.2) is 84.0 Å². The highest BCUT2D eigenvalue weighted by Crippen LogP contribution is 2.40. The minimum Gasteiger partial charge on any atom is -0.342 e. The number of amides is 1. The zero-order valence-electron chi connectivity index (χ0n) is 20.6. The van der Waals surface area contributed by atoms with E-state index in [0.717, 1.165) is 64.0 Å². The van der Waals surface area contributed by atoms with E-state index >= 15 is 0 Å². The van der Waals surface area contributed by atoms with Gasteiger partial charge in [-0.05, 0) is 67.1 Å². The van der Waals surface area contributed by atoms with E-state index < -0.39 is 0 Å². The SMILES string of the molecule is O=C(Nc1ccccc1)c1c(N=Cc2cn(Cc3ccc(Cl)cc3Cl)c3ccccc23)sc2c1CCCC2. The molecule has 1 N–H and O–H groups in total. The number of fused-ring (bicyclic) bond motifs is 2. The first-order valence-electron chi connectivity index (χ1n) is 12.6. The Kier molecular flexibility index (Phi) is 7.07. The van der Waals surface area contributed by atoms with Crippen molar-refractivity contribution in [3.05, 3.63) is 116 Å². The van der Waals surface area contributed by atoms with Crippen LogP contribution in [0.3, 0.4) is 0 Å². The number of hydrogen-bond donors (Lipinski definition) is 1. The van der Waals surface area contributed by atoms with Crippen LogP contribution in [0.4, 0.5) is 10.7 Å². The maximum atomic E-state index is 13.5. The first-order chi connectivity index (χ1) is 18.6. The molecule has 7 heteroatoms. The van der Waals surface area contributed by atoms with Gasteiger partial charge in [-0.3, -0.25) is 4.79 Å². The Labute approximate surface area is 235 Å². The van der Waals surface area contributed by atoms with Crippen LogP contribution in [0.5, 0.6) is 0 Å². The highest BCUT2D eigenvalue weighted by molar-refractivity contribution is 7.16. The molecule has 0 radical (unpaired) electrons. The van der Waals surface area contributed by atoms with Crippen LogP contribution in [0.1, 0.15) is 44.8 Å². The number of para-hydroxylation sites is 2. The van der Waals surface area contributed by atoms with E-state index in [1.807, 2.05) is 60.8 Å². The van der Waals surface area contributed by atoms with Gasteiger partial charge in [-0.2, -0.15) is 0 Å². The Morgan fingerprint density at radius 2 is 1.79 bits per heavy atom. The molecule has 1 aliphatic carbocycles. The molecule has 0 unspecified atom stereocenters. The fraction of sp³-hybridized carbons (Fsp3) is 0.161. The van der Waals surface area contributed by atoms with Gasteiger partial charge in [0.2, 0.25) is 0 Å². The third-order valence-corrected chi connectivity index (χ3v) is 8.69. The summed E-state index contributed by atoms with van der Waals surface area (Å²) in [6.45, 7) is 0.613. The Hall–Kier alpha value is -3.38. The Balaban J connectivity index is 1.36. The van der Waals surface area contributed by atoms with Crippen molar-refractivity contribution in [1.82, 2.24) is 4.57 Å². The highest BCUT2D eigenvalue weighted by atomic mass is 35.5. The van der Waals surface area contributed by atoms with E-state index in [4.69, 9.17) is 28.2 Å². The van der Waals surface area contributed by atoms with Crippen molar-refractivity contribution in [3.63, 3.8) is 0 Å². The number of anilines is 1. The zero-order chi connectivity index (χ0) is 26.1. The lowest BCUT2D eigenvalue weighted by molar-refractivity contribution is 0.102. The number of halogens is 2. The van der Waals surface area contributed by atoms with Crippen molar-refractivity contribution in [1.29, 1.82) is 0 Å². The number of aromatic nitrogens is 1. The molecule has 1 amide bonds. The van der Waals surface area contributed by atoms with Crippen molar-refractivity contribution in [3.8, 4) is 0 Å². The average molecular weight is 559 g/mol. The maximum absolute atomic E-state index is 13.5. The van der Waals surface area contributed by atoms with Crippen LogP contribution in [0.2, 0.25) is 10.0 Å². The van der Waals surface area contributed by atoms with Gasteiger partial charge in [0.1, 0.15) is 5.00 Å². The van der Waals surface area contributed by atoms with E-state index in [-0.39, 0.29) is 5.91 Å². The Morgan fingerprint density at radius 1 is 1.00 bits per heavy atom. The highest BCUT2D eigenvalue weighted by Gasteiger charge is 2.25. The van der Waals surface area contributed by atoms with E-state index in [2.05, 4.69) is 28.2 Å². The van der Waals surface area contributed by atoms with Crippen molar-refractivity contribution in [2.24, 2.45) is 4.99 Å². The summed E-state index contributed by atoms with van der Waals surface area (Å²) in [5.41, 5.74) is 5.72. The molecule has 2 aromatic heterocycles. The van der Waals surface area contributed by atoms with Crippen LogP contribution >= 0.6 is 34.5 Å². The molecule has 190 valence electrons. The van der Waals surface area contributed by atoms with E-state index in [0.29, 0.717) is 22.2 Å². The fourth-order valence-corrected chi connectivity index (χ4v) is 6.76. The summed E-state index contributed by atoms with van der Waals surface area (Å²) in [6.07, 6.45) is 8.15. The van der Waals surface area contributed by atoms with Crippen LogP contribution in [-0.2, 0) is 19.4 Å². The molecule has 0 spiro atoms. The lowest BCUT2D eigenvalue weighted by Gasteiger charge is -2.12. The molecule has 4 nitrogen and oxygen atoms in total. The number of thiophene rings is 1. The third kappa shape index (κ3) is 5.02. The van der Waals surface area contributed by atoms with Gasteiger partial charge in [0.05, 0.1) is 5.56 Å². The van der Waals surface area contributed by atoms with Gasteiger partial charge < -0.3 is 9.88 Å². The number of aryl methyl sites for hydroxylation is 1. The van der Waals surface area contributed by atoms with Gasteiger partial charge >= 0.3 is 0 Å². The lowest BCUT2D eigenvalue weighted by Crippen LogP contribution is -2.14. The Bertz CT molecular complexity index is 1670. The molecule has 0 saturated carbocycles. The summed E-state index contributed by atoms with van der Waals surface area (Å²) >= 11 is 14.2. The largest absolute Gasteiger partial charge is 0.342 e. The number of hydrogen-bond acceptors (Lipinski definition) is 3. The van der Waals surface area contributed by atoms with Gasteiger partial charge in [-0.15, -0.1) is 11.3 Å². The second-order valence-electron chi connectivity index (χ2n) is 9.43. The molecule has 5 aromatic rings. The smallest absolute Gasteiger partial charge is 0.259 e. The normalized spacial score (nSPS) is 13.2. The molecule has 1 aliphatic rings. The molecule has 2 heterocycles. The molecule has 0 bridgehead atoms. The molecule has 3 aromatic carbocycles. The second-order valence-corrected chi connectivity index (χ2v) is 11.4. The standard InChI is InChI=1S/C31H25Cl2N3OS/c32-22-15-14-20(26(33)16-22)18-36-19-21(24-10-4-6-12-27(24)36)17-34-31-29(25-11-5-7-13-28(25)38-31)30(37)35-23-8-2-1-3-9-23/h1-4,6,8-10,12,14-17,19H,5,7,11,13,18H2,(H,35,37). The molecule has 38 heavy (non-hydrogen) atoms. The molecule has 0 atom stereocenters. The van der Waals surface area contributed by atoms with Crippen molar-refractivity contribution >= 4 is 68.3 Å². The number of nitrogens with zero attached hydrogens (tertiary/aromatic N) is 2. The van der Waals surface area contributed by atoms with Gasteiger partial charge in [-0.1, -0.05) is 65.7 Å². The molecule has 0 saturated heterocycles. The van der Waals surface area contributed by atoms with E-state index in [1.165, 1.54) is 4.88 Å². The van der Waals surface area contributed by atoms with Gasteiger partial charge in [0, 0.05) is 56.0 Å². The molecular formula is C31H25Cl2N3OS. The van der Waals surface area contributed by atoms with Gasteiger partial charge in [0.25, 0.3) is 5.91 Å². The number of benzene rings is 3. The predicted octanol–water partition coefficient (Wildman–Crippen LogP) is 8.94. The van der Waals surface area contributed by atoms with Crippen LogP contribution in [-0.4, -0.2) is 16.7 Å². The zero-order valence-corrected chi connectivity index (χ0v) is 22.9. The average Bonchev–Trinajstić information content (AvgIpc) is 3.47. The Morgan fingerprint density at radius 3 is 2.63 bits per heavy atom. The second kappa shape index (κ2) is 10.8. The lowest BCUT2D eigenvalue weighted by atomic mass is 9.95. The van der Waals surface area contributed by atoms with Crippen LogP contribution in [0.25, 0.3) is 10.9 Å². The molecule has 6 rings (SSSR count). The number of rotatable bonds is 6. The topological polar surface area (TPSA) is 46.4 Å². The number of aliphatic imine (C=N–C) groups is 1. The summed E-state index contributed by atoms with van der Waals surface area (Å²) in [5, 5.41) is 6.20. The van der Waals surface area contributed by atoms with E-state index in [1.54, 1.807) is 17.4 Å². The quantitative estimate of drug-likeness (QED) is 0.208. The maximum Gasteiger partial charge on any atom is 0.259 e. The summed E-state index contributed by atoms with van der Waals surface area (Å²) < 4.78 is 2.17. The number of carbonyl (C=O) groups is 1. The molecule has 0 fully saturated rings. The first-order valence-corrected chi connectivity index (χ1v) is 14.2. The first kappa shape index (κ1) is 24.9. The van der Waals surface area contributed by atoms with Crippen molar-refractivity contribution < 1.29 is 4.79 Å². The van der Waals surface area contributed by atoms with Gasteiger partial charge in [0.15, 0.2) is 0 Å². The molecular weight excluding hydrogens is 533 g/mol. The summed E-state index contributed by atoms with van der Waals surface area (Å²) in [6, 6.07) is 23.4. The predicted molar refractivity (Wildman–Crippen MR) is 160 cm³/mol. The van der Waals surface area contributed by atoms with Crippen molar-refractivity contribution in [2.45, 2.75) is 32.2 Å². The molecule has 0 aliphatic heterocycles. The summed E-state index contributed by atoms with van der Waals surface area (Å²) in [4.78, 5) is 19.6. The minimum atomic E-state index is -0.0949. The monoisotopic (exact) mass is 557 g/mol. The summed E-state index contributed by atoms with van der Waals surface area (Å²) in [7, 11) is 0. The third-order valence-electron chi connectivity index (χ3n) is 6.91. The summed E-state index contributed by atoms with van der Waals surface area (Å²) in [5.74, 6) is -0.0949. The minimum absolute atomic E-state index is 0.0949. The van der Waals surface area contributed by atoms with Crippen molar-refractivity contribution in [2.75, 3.05) is 5.32 Å². The van der Waals surface area contributed by atoms with Crippen LogP contribution < -0.4 is 5.32 Å².